The minimum Gasteiger partial charge on any atom is -0.465 e. The highest BCUT2D eigenvalue weighted by molar-refractivity contribution is 5.96. The highest BCUT2D eigenvalue weighted by Crippen LogP contribution is 2.70. The molecule has 0 bridgehead atoms. The van der Waals surface area contributed by atoms with Gasteiger partial charge in [0, 0.05) is 18.3 Å². The number of ether oxygens (including phenoxy) is 1. The molecule has 1 saturated carbocycles. The Morgan fingerprint density at radius 1 is 1.16 bits per heavy atom. The molecule has 5 atom stereocenters. The van der Waals surface area contributed by atoms with Crippen LogP contribution < -0.4 is 0 Å². The average molecular weight is 439 g/mol. The predicted octanol–water partition coefficient (Wildman–Crippen LogP) is 4.39. The second-order valence-electron chi connectivity index (χ2n) is 10.9. The number of esters is 1. The Morgan fingerprint density at radius 3 is 2.69 bits per heavy atom. The number of ketones is 2. The molecule has 0 aromatic heterocycles. The van der Waals surface area contributed by atoms with Gasteiger partial charge in [0.25, 0.3) is 0 Å². The molecule has 32 heavy (non-hydrogen) atoms. The lowest BCUT2D eigenvalue weighted by atomic mass is 9.50. The summed E-state index contributed by atoms with van der Waals surface area (Å²) in [6.45, 7) is 6.67. The van der Waals surface area contributed by atoms with E-state index in [-0.39, 0.29) is 17.0 Å². The fraction of sp³-hybridized carbons (Fsp3) is 0.667. The van der Waals surface area contributed by atoms with Crippen molar-refractivity contribution in [2.24, 2.45) is 22.2 Å². The van der Waals surface area contributed by atoms with Crippen molar-refractivity contribution in [1.82, 2.24) is 0 Å². The van der Waals surface area contributed by atoms with Crippen LogP contribution in [0, 0.1) is 22.2 Å². The SMILES string of the molecule is CCCCOC(=O)[C@H]1C2=C(CCC34C(=O)CC[C@]3(C)CC=C24)C2(C)CCC(=O)C=C2[C@@H]1O. The zero-order valence-corrected chi connectivity index (χ0v) is 19.5. The molecular weight excluding hydrogens is 404 g/mol. The zero-order valence-electron chi connectivity index (χ0n) is 19.5. The number of carbonyl (C=O) groups excluding carboxylic acids is 3. The van der Waals surface area contributed by atoms with E-state index >= 15 is 0 Å². The molecule has 0 radical (unpaired) electrons. The first-order chi connectivity index (χ1) is 15.2. The molecule has 0 aliphatic heterocycles. The molecule has 5 nitrogen and oxygen atoms in total. The van der Waals surface area contributed by atoms with Crippen LogP contribution in [-0.2, 0) is 19.1 Å². The number of aliphatic hydroxyl groups excluding tert-OH is 1. The third-order valence-electron chi connectivity index (χ3n) is 9.42. The monoisotopic (exact) mass is 438 g/mol. The summed E-state index contributed by atoms with van der Waals surface area (Å²) in [5.41, 5.74) is 2.52. The second-order valence-corrected chi connectivity index (χ2v) is 10.9. The lowest BCUT2D eigenvalue weighted by Crippen LogP contribution is -2.51. The molecular formula is C27H34O5. The molecule has 0 aromatic rings. The summed E-state index contributed by atoms with van der Waals surface area (Å²) >= 11 is 0. The quantitative estimate of drug-likeness (QED) is 0.520. The van der Waals surface area contributed by atoms with E-state index in [2.05, 4.69) is 19.9 Å². The van der Waals surface area contributed by atoms with Crippen LogP contribution in [0.4, 0.5) is 0 Å². The summed E-state index contributed by atoms with van der Waals surface area (Å²) in [6, 6.07) is 0. The molecule has 2 unspecified atom stereocenters. The third kappa shape index (κ3) is 2.63. The van der Waals surface area contributed by atoms with E-state index in [0.29, 0.717) is 31.4 Å². The average Bonchev–Trinajstić information content (AvgIpc) is 3.19. The van der Waals surface area contributed by atoms with Crippen LogP contribution in [0.3, 0.4) is 0 Å². The van der Waals surface area contributed by atoms with Crippen molar-refractivity contribution < 1.29 is 24.2 Å². The predicted molar refractivity (Wildman–Crippen MR) is 120 cm³/mol. The minimum absolute atomic E-state index is 0.00424. The second kappa shape index (κ2) is 7.24. The van der Waals surface area contributed by atoms with E-state index in [1.807, 2.05) is 6.92 Å². The first kappa shape index (κ1) is 21.8. The topological polar surface area (TPSA) is 80.7 Å². The van der Waals surface area contributed by atoms with Gasteiger partial charge in [-0.05, 0) is 66.7 Å². The van der Waals surface area contributed by atoms with E-state index in [9.17, 15) is 19.5 Å². The van der Waals surface area contributed by atoms with Gasteiger partial charge < -0.3 is 9.84 Å². The number of aliphatic hydroxyl groups is 1. The van der Waals surface area contributed by atoms with Gasteiger partial charge in [-0.2, -0.15) is 0 Å². The summed E-state index contributed by atoms with van der Waals surface area (Å²) in [5, 5.41) is 11.5. The summed E-state index contributed by atoms with van der Waals surface area (Å²) in [5.74, 6) is -1.01. The number of unbranched alkanes of at least 4 members (excludes halogenated alkanes) is 1. The highest BCUT2D eigenvalue weighted by Gasteiger charge is 2.66. The van der Waals surface area contributed by atoms with Crippen LogP contribution in [0.2, 0.25) is 0 Å². The number of fused-ring (bicyclic) bond motifs is 3. The van der Waals surface area contributed by atoms with Crippen molar-refractivity contribution in [2.75, 3.05) is 6.61 Å². The summed E-state index contributed by atoms with van der Waals surface area (Å²) in [6.07, 6.45) is 9.18. The summed E-state index contributed by atoms with van der Waals surface area (Å²) < 4.78 is 5.63. The largest absolute Gasteiger partial charge is 0.465 e. The van der Waals surface area contributed by atoms with Crippen LogP contribution in [0.25, 0.3) is 0 Å². The van der Waals surface area contributed by atoms with Crippen LogP contribution in [0.5, 0.6) is 0 Å². The van der Waals surface area contributed by atoms with E-state index in [1.54, 1.807) is 6.08 Å². The van der Waals surface area contributed by atoms with Crippen molar-refractivity contribution in [3.05, 3.63) is 34.4 Å². The molecule has 1 N–H and O–H groups in total. The van der Waals surface area contributed by atoms with Crippen molar-refractivity contribution in [3.63, 3.8) is 0 Å². The molecule has 0 saturated heterocycles. The van der Waals surface area contributed by atoms with E-state index in [4.69, 9.17) is 4.74 Å². The Kier molecular flexibility index (Phi) is 4.94. The van der Waals surface area contributed by atoms with Gasteiger partial charge in [-0.25, -0.2) is 0 Å². The fourth-order valence-electron chi connectivity index (χ4n) is 7.51. The maximum absolute atomic E-state index is 13.4. The minimum atomic E-state index is -1.10. The molecule has 0 amide bonds. The number of hydrogen-bond acceptors (Lipinski definition) is 5. The van der Waals surface area contributed by atoms with Gasteiger partial charge in [0.15, 0.2) is 5.78 Å². The first-order valence-corrected chi connectivity index (χ1v) is 12.3. The van der Waals surface area contributed by atoms with Crippen LogP contribution in [0.15, 0.2) is 34.4 Å². The maximum atomic E-state index is 13.4. The fourth-order valence-corrected chi connectivity index (χ4v) is 7.51. The molecule has 1 fully saturated rings. The van der Waals surface area contributed by atoms with Crippen LogP contribution in [-0.4, -0.2) is 35.4 Å². The Balaban J connectivity index is 1.69. The molecule has 5 aliphatic carbocycles. The molecule has 5 rings (SSSR count). The third-order valence-corrected chi connectivity index (χ3v) is 9.42. The van der Waals surface area contributed by atoms with Gasteiger partial charge in [-0.1, -0.05) is 38.8 Å². The Labute approximate surface area is 190 Å². The molecule has 5 heteroatoms. The maximum Gasteiger partial charge on any atom is 0.316 e. The molecule has 5 aliphatic rings. The zero-order chi connectivity index (χ0) is 22.9. The summed E-state index contributed by atoms with van der Waals surface area (Å²) in [7, 11) is 0. The van der Waals surface area contributed by atoms with Crippen molar-refractivity contribution in [3.8, 4) is 0 Å². The Bertz CT molecular complexity index is 1000. The summed E-state index contributed by atoms with van der Waals surface area (Å²) in [4.78, 5) is 39.1. The normalized spacial score (nSPS) is 40.2. The number of Topliss-reactive ketones (excluding diaryl/α,β-unsaturated/α-hetero) is 1. The van der Waals surface area contributed by atoms with E-state index in [0.717, 1.165) is 55.2 Å². The lowest BCUT2D eigenvalue weighted by Gasteiger charge is -2.53. The molecule has 172 valence electrons. The molecule has 0 heterocycles. The Hall–Kier alpha value is -2.01. The van der Waals surface area contributed by atoms with E-state index in [1.165, 1.54) is 0 Å². The first-order valence-electron chi connectivity index (χ1n) is 12.3. The number of rotatable bonds is 4. The number of allylic oxidation sites excluding steroid dienone is 4. The highest BCUT2D eigenvalue weighted by atomic mass is 16.5. The van der Waals surface area contributed by atoms with Crippen LogP contribution >= 0.6 is 0 Å². The van der Waals surface area contributed by atoms with Crippen molar-refractivity contribution in [2.45, 2.75) is 84.7 Å². The smallest absolute Gasteiger partial charge is 0.316 e. The van der Waals surface area contributed by atoms with Gasteiger partial charge in [0.2, 0.25) is 0 Å². The standard InChI is InChI=1S/C27H34O5/c1-4-5-14-32-24(31)22-21-17(26(3)12-6-16(28)15-19(26)23(22)30)8-13-27-18(21)7-10-25(27,2)11-9-20(27)29/h7,15,22-23,30H,4-6,8-14H2,1-3H3/t22-,23-,25-,26?,27?/m0/s1. The van der Waals surface area contributed by atoms with Gasteiger partial charge >= 0.3 is 5.97 Å². The van der Waals surface area contributed by atoms with Gasteiger partial charge in [0.1, 0.15) is 11.7 Å². The van der Waals surface area contributed by atoms with Crippen molar-refractivity contribution >= 4 is 17.5 Å². The van der Waals surface area contributed by atoms with Gasteiger partial charge in [-0.15, -0.1) is 0 Å². The number of carbonyl (C=O) groups is 3. The number of hydrogen-bond donors (Lipinski definition) is 1. The lowest BCUT2D eigenvalue weighted by molar-refractivity contribution is -0.151. The van der Waals surface area contributed by atoms with Crippen LogP contribution in [0.1, 0.15) is 78.6 Å². The van der Waals surface area contributed by atoms with E-state index < -0.39 is 28.8 Å². The molecule has 0 aromatic carbocycles. The van der Waals surface area contributed by atoms with Gasteiger partial charge in [0.05, 0.1) is 18.1 Å². The van der Waals surface area contributed by atoms with Gasteiger partial charge in [-0.3, -0.25) is 14.4 Å². The van der Waals surface area contributed by atoms with Crippen molar-refractivity contribution in [1.29, 1.82) is 0 Å². The Morgan fingerprint density at radius 2 is 1.94 bits per heavy atom. The molecule has 1 spiro atoms.